The number of pyridine rings is 3. The van der Waals surface area contributed by atoms with Crippen LogP contribution in [0.5, 0.6) is 0 Å². The second-order valence-corrected chi connectivity index (χ2v) is 9.51. The molecule has 0 radical (unpaired) electrons. The van der Waals surface area contributed by atoms with Crippen molar-refractivity contribution in [1.29, 1.82) is 0 Å². The van der Waals surface area contributed by atoms with Gasteiger partial charge in [0.05, 0.1) is 24.0 Å². The van der Waals surface area contributed by atoms with E-state index in [-0.39, 0.29) is 29.1 Å². The van der Waals surface area contributed by atoms with E-state index in [1.165, 1.54) is 35.4 Å². The molecule has 1 fully saturated rings. The monoisotopic (exact) mass is 519 g/mol. The first-order valence-corrected chi connectivity index (χ1v) is 12.2. The molecule has 11 nitrogen and oxygen atoms in total. The van der Waals surface area contributed by atoms with E-state index >= 15 is 0 Å². The molecule has 1 N–H and O–H groups in total. The number of thiazole rings is 1. The van der Waals surface area contributed by atoms with Crippen molar-refractivity contribution >= 4 is 45.9 Å². The Kier molecular flexibility index (Phi) is 6.25. The van der Waals surface area contributed by atoms with Crippen LogP contribution in [0.25, 0.3) is 16.2 Å². The molecule has 0 amide bonds. The second-order valence-electron chi connectivity index (χ2n) is 8.63. The Morgan fingerprint density at radius 3 is 2.62 bits per heavy atom. The van der Waals surface area contributed by atoms with E-state index in [0.29, 0.717) is 46.5 Å². The Hall–Kier alpha value is -4.45. The number of carboxylic acid groups (broad SMARTS) is 1. The highest BCUT2D eigenvalue weighted by Gasteiger charge is 2.34. The molecule has 0 unspecified atom stereocenters. The maximum atomic E-state index is 12.9. The molecule has 4 aromatic rings. The highest BCUT2D eigenvalue weighted by atomic mass is 32.1. The fourth-order valence-corrected chi connectivity index (χ4v) is 4.85. The molecule has 1 saturated heterocycles. The van der Waals surface area contributed by atoms with E-state index < -0.39 is 17.4 Å². The van der Waals surface area contributed by atoms with E-state index in [2.05, 4.69) is 19.7 Å². The molecular formula is C25H21N5O6S. The lowest BCUT2D eigenvalue weighted by molar-refractivity contribution is -0.123. The van der Waals surface area contributed by atoms with Crippen molar-refractivity contribution in [1.82, 2.24) is 19.5 Å². The van der Waals surface area contributed by atoms with Gasteiger partial charge in [0.1, 0.15) is 17.2 Å². The van der Waals surface area contributed by atoms with E-state index in [1.807, 2.05) is 4.90 Å². The van der Waals surface area contributed by atoms with Crippen LogP contribution >= 0.6 is 11.3 Å². The van der Waals surface area contributed by atoms with Gasteiger partial charge in [-0.05, 0) is 30.7 Å². The SMILES string of the molecule is COC(=O)c1ccc(CC(=O)C2CN(c3cc(C)c4c(=O)c(C(=O)O)cn(-c5nccs5)c4n3)C2)nc1. The minimum absolute atomic E-state index is 0.0258. The van der Waals surface area contributed by atoms with Crippen molar-refractivity contribution in [3.8, 4) is 5.13 Å². The molecule has 5 rings (SSSR count). The number of carbonyl (C=O) groups is 3. The third-order valence-corrected chi connectivity index (χ3v) is 7.03. The number of carbonyl (C=O) groups excluding carboxylic acids is 2. The first-order valence-electron chi connectivity index (χ1n) is 11.3. The number of hydrogen-bond donors (Lipinski definition) is 1. The van der Waals surface area contributed by atoms with Gasteiger partial charge in [-0.15, -0.1) is 11.3 Å². The van der Waals surface area contributed by atoms with Crippen LogP contribution < -0.4 is 10.3 Å². The van der Waals surface area contributed by atoms with E-state index in [1.54, 1.807) is 36.7 Å². The second kappa shape index (κ2) is 9.54. The zero-order chi connectivity index (χ0) is 26.3. The van der Waals surface area contributed by atoms with Crippen LogP contribution in [0.15, 0.2) is 47.0 Å². The highest BCUT2D eigenvalue weighted by Crippen LogP contribution is 2.29. The number of rotatable bonds is 7. The number of carboxylic acids is 1. The maximum absolute atomic E-state index is 12.9. The van der Waals surface area contributed by atoms with Crippen molar-refractivity contribution in [2.45, 2.75) is 13.3 Å². The molecule has 0 aliphatic carbocycles. The van der Waals surface area contributed by atoms with Gasteiger partial charge >= 0.3 is 11.9 Å². The van der Waals surface area contributed by atoms with Crippen LogP contribution in [0.3, 0.4) is 0 Å². The average Bonchev–Trinajstić information content (AvgIpc) is 3.37. The van der Waals surface area contributed by atoms with Crippen LogP contribution in [-0.2, 0) is 16.0 Å². The first kappa shape index (κ1) is 24.3. The predicted molar refractivity (Wildman–Crippen MR) is 135 cm³/mol. The fourth-order valence-electron chi connectivity index (χ4n) is 4.23. The molecule has 0 aromatic carbocycles. The van der Waals surface area contributed by atoms with Crippen molar-refractivity contribution in [2.75, 3.05) is 25.1 Å². The number of anilines is 1. The summed E-state index contributed by atoms with van der Waals surface area (Å²) in [5.74, 6) is -1.41. The summed E-state index contributed by atoms with van der Waals surface area (Å²) in [7, 11) is 1.29. The van der Waals surface area contributed by atoms with Gasteiger partial charge in [-0.2, -0.15) is 0 Å². The van der Waals surface area contributed by atoms with E-state index in [4.69, 9.17) is 0 Å². The van der Waals surface area contributed by atoms with Gasteiger partial charge in [0, 0.05) is 49.2 Å². The highest BCUT2D eigenvalue weighted by molar-refractivity contribution is 7.12. The number of hydrogen-bond acceptors (Lipinski definition) is 10. The molecule has 0 spiro atoms. The Balaban J connectivity index is 1.38. The molecule has 0 saturated carbocycles. The minimum atomic E-state index is -1.32. The van der Waals surface area contributed by atoms with Crippen LogP contribution in [0.2, 0.25) is 0 Å². The van der Waals surface area contributed by atoms with Crippen molar-refractivity contribution < 1.29 is 24.2 Å². The summed E-state index contributed by atoms with van der Waals surface area (Å²) < 4.78 is 6.18. The van der Waals surface area contributed by atoms with Gasteiger partial charge in [0.2, 0.25) is 5.43 Å². The van der Waals surface area contributed by atoms with E-state index in [9.17, 15) is 24.3 Å². The topological polar surface area (TPSA) is 145 Å². The summed E-state index contributed by atoms with van der Waals surface area (Å²) in [5, 5.41) is 12.0. The average molecular weight is 520 g/mol. The van der Waals surface area contributed by atoms with Crippen molar-refractivity contribution in [3.63, 3.8) is 0 Å². The van der Waals surface area contributed by atoms with Gasteiger partial charge < -0.3 is 14.7 Å². The van der Waals surface area contributed by atoms with Crippen LogP contribution in [0, 0.1) is 12.8 Å². The van der Waals surface area contributed by atoms with Crippen molar-refractivity contribution in [3.05, 3.63) is 74.8 Å². The fraction of sp³-hybridized carbons (Fsp3) is 0.240. The number of fused-ring (bicyclic) bond motifs is 1. The Morgan fingerprint density at radius 1 is 1.22 bits per heavy atom. The number of ketones is 1. The predicted octanol–water partition coefficient (Wildman–Crippen LogP) is 2.28. The molecule has 5 heterocycles. The lowest BCUT2D eigenvalue weighted by Gasteiger charge is -2.39. The molecule has 1 aliphatic rings. The van der Waals surface area contributed by atoms with Gasteiger partial charge in [-0.1, -0.05) is 0 Å². The molecule has 0 atom stereocenters. The van der Waals surface area contributed by atoms with Crippen LogP contribution in [0.4, 0.5) is 5.82 Å². The maximum Gasteiger partial charge on any atom is 0.341 e. The number of ether oxygens (including phenoxy) is 1. The van der Waals surface area contributed by atoms with Gasteiger partial charge in [-0.25, -0.2) is 19.6 Å². The summed E-state index contributed by atoms with van der Waals surface area (Å²) in [5.41, 5.74) is 0.820. The smallest absolute Gasteiger partial charge is 0.341 e. The van der Waals surface area contributed by atoms with Gasteiger partial charge in [0.15, 0.2) is 10.8 Å². The third-order valence-electron chi connectivity index (χ3n) is 6.26. The summed E-state index contributed by atoms with van der Waals surface area (Å²) in [6, 6.07) is 4.95. The summed E-state index contributed by atoms with van der Waals surface area (Å²) >= 11 is 1.29. The van der Waals surface area contributed by atoms with Gasteiger partial charge in [-0.3, -0.25) is 19.1 Å². The van der Waals surface area contributed by atoms with Crippen LogP contribution in [-0.4, -0.2) is 62.5 Å². The third kappa shape index (κ3) is 4.47. The number of aromatic nitrogens is 4. The largest absolute Gasteiger partial charge is 0.477 e. The lowest BCUT2D eigenvalue weighted by Crippen LogP contribution is -2.51. The zero-order valence-electron chi connectivity index (χ0n) is 19.9. The summed E-state index contributed by atoms with van der Waals surface area (Å²) in [6.07, 6.45) is 4.38. The van der Waals surface area contributed by atoms with Gasteiger partial charge in [0.25, 0.3) is 0 Å². The normalized spacial score (nSPS) is 13.4. The lowest BCUT2D eigenvalue weighted by atomic mass is 9.92. The number of aryl methyl sites for hydroxylation is 1. The quantitative estimate of drug-likeness (QED) is 0.361. The van der Waals surface area contributed by atoms with Crippen molar-refractivity contribution in [2.24, 2.45) is 5.92 Å². The Labute approximate surface area is 214 Å². The minimum Gasteiger partial charge on any atom is -0.477 e. The molecule has 4 aromatic heterocycles. The molecule has 0 bridgehead atoms. The molecule has 12 heteroatoms. The Bertz CT molecular complexity index is 1590. The molecule has 188 valence electrons. The molecule has 1 aliphatic heterocycles. The standard InChI is InChI=1S/C25H21N5O6S/c1-13-7-19(28-22-20(13)21(32)17(23(33)34)12-30(22)25-26-5-6-37-25)29-10-15(11-29)18(31)8-16-4-3-14(9-27-16)24(35)36-2/h3-7,9,12,15H,8,10-11H2,1-2H3,(H,33,34). The summed E-state index contributed by atoms with van der Waals surface area (Å²) in [4.78, 5) is 64.0. The molecule has 37 heavy (non-hydrogen) atoms. The first-order chi connectivity index (χ1) is 17.8. The van der Waals surface area contributed by atoms with E-state index in [0.717, 1.165) is 0 Å². The van der Waals surface area contributed by atoms with Crippen LogP contribution in [0.1, 0.15) is 32.0 Å². The number of esters is 1. The number of aromatic carboxylic acids is 1. The Morgan fingerprint density at radius 2 is 2.00 bits per heavy atom. The zero-order valence-corrected chi connectivity index (χ0v) is 20.7. The number of nitrogens with zero attached hydrogens (tertiary/aromatic N) is 5. The summed E-state index contributed by atoms with van der Waals surface area (Å²) in [6.45, 7) is 2.64. The number of Topliss-reactive ketones (excluding diaryl/α,β-unsaturated/α-hetero) is 1. The number of methoxy groups -OCH3 is 1. The molecular weight excluding hydrogens is 498 g/mol.